The first kappa shape index (κ1) is 23.7. The summed E-state index contributed by atoms with van der Waals surface area (Å²) in [5, 5.41) is 5.23. The maximum Gasteiger partial charge on any atom is 0.272 e. The van der Waals surface area contributed by atoms with Crippen molar-refractivity contribution in [3.05, 3.63) is 138 Å². The number of hydrogen-bond acceptors (Lipinski definition) is 3. The van der Waals surface area contributed by atoms with Crippen LogP contribution in [0.15, 0.2) is 132 Å². The number of para-hydroxylation sites is 2. The lowest BCUT2D eigenvalue weighted by atomic mass is 10.0. The summed E-state index contributed by atoms with van der Waals surface area (Å²) >= 11 is 0. The van der Waals surface area contributed by atoms with Crippen molar-refractivity contribution >= 4 is 54.5 Å². The van der Waals surface area contributed by atoms with Crippen LogP contribution in [0.5, 0.6) is 0 Å². The van der Waals surface area contributed by atoms with Gasteiger partial charge in [0.25, 0.3) is 5.56 Å². The molecule has 202 valence electrons. The molecular weight excluding hydrogens is 530 g/mol. The van der Waals surface area contributed by atoms with Crippen molar-refractivity contribution in [2.45, 2.75) is 0 Å². The van der Waals surface area contributed by atoms with E-state index in [9.17, 15) is 4.79 Å². The number of aromatic nitrogens is 5. The van der Waals surface area contributed by atoms with E-state index in [2.05, 4.69) is 87.3 Å². The van der Waals surface area contributed by atoms with Gasteiger partial charge >= 0.3 is 0 Å². The normalized spacial score (nSPS) is 11.8. The molecule has 0 bridgehead atoms. The van der Waals surface area contributed by atoms with Gasteiger partial charge < -0.3 is 9.97 Å². The van der Waals surface area contributed by atoms with E-state index >= 15 is 0 Å². The smallest absolute Gasteiger partial charge is 0.272 e. The van der Waals surface area contributed by atoms with Crippen LogP contribution in [0.1, 0.15) is 0 Å². The van der Waals surface area contributed by atoms with Gasteiger partial charge in [-0.3, -0.25) is 9.36 Å². The molecule has 0 radical (unpaired) electrons. The van der Waals surface area contributed by atoms with Gasteiger partial charge in [-0.1, -0.05) is 78.9 Å². The van der Waals surface area contributed by atoms with Gasteiger partial charge in [-0.05, 0) is 53.6 Å². The van der Waals surface area contributed by atoms with E-state index in [1.54, 1.807) is 6.20 Å². The van der Waals surface area contributed by atoms with Gasteiger partial charge in [0.2, 0.25) is 5.95 Å². The molecule has 0 aliphatic carbocycles. The minimum absolute atomic E-state index is 0.115. The van der Waals surface area contributed by atoms with Crippen LogP contribution in [0.3, 0.4) is 0 Å². The van der Waals surface area contributed by atoms with Crippen LogP contribution >= 0.6 is 0 Å². The monoisotopic (exact) mass is 553 g/mol. The molecule has 0 amide bonds. The minimum atomic E-state index is -0.115. The molecule has 5 aromatic carbocycles. The van der Waals surface area contributed by atoms with Crippen LogP contribution in [-0.4, -0.2) is 24.5 Å². The number of pyridine rings is 1. The van der Waals surface area contributed by atoms with Crippen LogP contribution in [0.25, 0.3) is 82.8 Å². The third-order valence-electron chi connectivity index (χ3n) is 8.37. The maximum atomic E-state index is 12.4. The second kappa shape index (κ2) is 8.99. The molecule has 9 rings (SSSR count). The lowest BCUT2D eigenvalue weighted by Gasteiger charge is -2.12. The molecule has 4 heterocycles. The van der Waals surface area contributed by atoms with Crippen molar-refractivity contribution in [2.24, 2.45) is 0 Å². The predicted octanol–water partition coefficient (Wildman–Crippen LogP) is 8.38. The molecule has 43 heavy (non-hydrogen) atoms. The Bertz CT molecular complexity index is 2590. The molecule has 0 aliphatic rings. The summed E-state index contributed by atoms with van der Waals surface area (Å²) in [6.45, 7) is 0. The Kier molecular flexibility index (Phi) is 4.95. The molecule has 0 atom stereocenters. The number of rotatable bonds is 3. The van der Waals surface area contributed by atoms with Crippen LogP contribution in [0.2, 0.25) is 0 Å². The van der Waals surface area contributed by atoms with Gasteiger partial charge in [-0.15, -0.1) is 0 Å². The van der Waals surface area contributed by atoms with E-state index in [-0.39, 0.29) is 5.56 Å². The second-order valence-electron chi connectivity index (χ2n) is 10.8. The largest absolute Gasteiger partial charge is 0.350 e. The highest BCUT2D eigenvalue weighted by Crippen LogP contribution is 2.37. The van der Waals surface area contributed by atoms with Crippen LogP contribution < -0.4 is 5.56 Å². The van der Waals surface area contributed by atoms with E-state index in [1.165, 1.54) is 0 Å². The first-order valence-electron chi connectivity index (χ1n) is 14.2. The molecule has 6 nitrogen and oxygen atoms in total. The average Bonchev–Trinajstić information content (AvgIpc) is 3.61. The minimum Gasteiger partial charge on any atom is -0.350 e. The molecular formula is C37H23N5O. The zero-order chi connectivity index (χ0) is 28.5. The Morgan fingerprint density at radius 1 is 0.558 bits per heavy atom. The highest BCUT2D eigenvalue weighted by molar-refractivity contribution is 6.11. The van der Waals surface area contributed by atoms with Gasteiger partial charge in [0.15, 0.2) is 0 Å². The first-order valence-corrected chi connectivity index (χ1v) is 14.2. The number of nitrogens with zero attached hydrogens (tertiary/aromatic N) is 3. The molecule has 9 aromatic rings. The SMILES string of the molecule is O=c1[nH]ccc2c1[nH]c1ccc(-c3ccc4c(c3)c3ccccc3n4-c3nc(-c4ccccc4)c4ccccc4n3)cc12. The Balaban J connectivity index is 1.28. The fraction of sp³-hybridized carbons (Fsp3) is 0. The van der Waals surface area contributed by atoms with E-state index in [0.717, 1.165) is 71.4 Å². The second-order valence-corrected chi connectivity index (χ2v) is 10.8. The maximum absolute atomic E-state index is 12.4. The van der Waals surface area contributed by atoms with Crippen molar-refractivity contribution < 1.29 is 0 Å². The number of H-pyrrole nitrogens is 2. The average molecular weight is 554 g/mol. The van der Waals surface area contributed by atoms with Crippen LogP contribution in [0.4, 0.5) is 0 Å². The van der Waals surface area contributed by atoms with Gasteiger partial charge in [0.05, 0.1) is 22.2 Å². The summed E-state index contributed by atoms with van der Waals surface area (Å²) in [4.78, 5) is 28.6. The number of nitrogens with one attached hydrogen (secondary N) is 2. The number of hydrogen-bond donors (Lipinski definition) is 2. The summed E-state index contributed by atoms with van der Waals surface area (Å²) in [6, 6.07) is 41.7. The zero-order valence-electron chi connectivity index (χ0n) is 22.9. The molecule has 4 aromatic heterocycles. The quantitative estimate of drug-likeness (QED) is 0.231. The Morgan fingerprint density at radius 3 is 2.16 bits per heavy atom. The van der Waals surface area contributed by atoms with Crippen molar-refractivity contribution in [1.82, 2.24) is 24.5 Å². The van der Waals surface area contributed by atoms with Gasteiger partial charge in [-0.25, -0.2) is 9.97 Å². The number of benzene rings is 5. The molecule has 0 fully saturated rings. The lowest BCUT2D eigenvalue weighted by Crippen LogP contribution is -2.03. The number of fused-ring (bicyclic) bond motifs is 7. The molecule has 0 spiro atoms. The van der Waals surface area contributed by atoms with Crippen molar-refractivity contribution in [3.63, 3.8) is 0 Å². The van der Waals surface area contributed by atoms with Crippen LogP contribution in [-0.2, 0) is 0 Å². The molecule has 0 aliphatic heterocycles. The summed E-state index contributed by atoms with van der Waals surface area (Å²) in [6.07, 6.45) is 1.70. The number of aromatic amines is 2. The highest BCUT2D eigenvalue weighted by Gasteiger charge is 2.18. The topological polar surface area (TPSA) is 79.4 Å². The van der Waals surface area contributed by atoms with E-state index < -0.39 is 0 Å². The van der Waals surface area contributed by atoms with Crippen molar-refractivity contribution in [2.75, 3.05) is 0 Å². The van der Waals surface area contributed by atoms with E-state index in [1.807, 2.05) is 48.5 Å². The molecule has 0 saturated carbocycles. The van der Waals surface area contributed by atoms with Crippen molar-refractivity contribution in [3.8, 4) is 28.3 Å². The molecule has 2 N–H and O–H groups in total. The van der Waals surface area contributed by atoms with E-state index in [4.69, 9.17) is 9.97 Å². The fourth-order valence-corrected chi connectivity index (χ4v) is 6.37. The fourth-order valence-electron chi connectivity index (χ4n) is 6.37. The molecule has 0 unspecified atom stereocenters. The lowest BCUT2D eigenvalue weighted by molar-refractivity contribution is 1.01. The summed E-state index contributed by atoms with van der Waals surface area (Å²) in [5.74, 6) is 0.641. The van der Waals surface area contributed by atoms with Gasteiger partial charge in [0.1, 0.15) is 5.52 Å². The third-order valence-corrected chi connectivity index (χ3v) is 8.37. The van der Waals surface area contributed by atoms with Gasteiger partial charge in [0, 0.05) is 44.2 Å². The van der Waals surface area contributed by atoms with Gasteiger partial charge in [-0.2, -0.15) is 0 Å². The Hall–Kier alpha value is -6.01. The van der Waals surface area contributed by atoms with Crippen molar-refractivity contribution in [1.29, 1.82) is 0 Å². The Labute approximate surface area is 244 Å². The molecule has 6 heteroatoms. The summed E-state index contributed by atoms with van der Waals surface area (Å²) in [5.41, 5.74) is 8.57. The third kappa shape index (κ3) is 3.57. The molecule has 0 saturated heterocycles. The first-order chi connectivity index (χ1) is 21.2. The summed E-state index contributed by atoms with van der Waals surface area (Å²) < 4.78 is 2.17. The highest BCUT2D eigenvalue weighted by atomic mass is 16.1. The summed E-state index contributed by atoms with van der Waals surface area (Å²) in [7, 11) is 0. The Morgan fingerprint density at radius 2 is 1.28 bits per heavy atom. The van der Waals surface area contributed by atoms with E-state index in [0.29, 0.717) is 11.5 Å². The zero-order valence-corrected chi connectivity index (χ0v) is 22.9. The standard InChI is InChI=1S/C37H23N5O/c43-36-35-26(18-19-38-36)28-20-23(14-16-31(28)39-35)24-15-17-33-29(21-24)25-10-5-7-13-32(25)42(33)37-40-30-12-6-4-11-27(30)34(41-37)22-8-2-1-3-9-22/h1-21,39H,(H,38,43). The van der Waals surface area contributed by atoms with Crippen LogP contribution in [0, 0.1) is 0 Å². The predicted molar refractivity (Wildman–Crippen MR) is 175 cm³/mol.